The number of rotatable bonds is 8. The molecule has 0 N–H and O–H groups in total. The first-order valence-electron chi connectivity index (χ1n) is 10.3. The lowest BCUT2D eigenvalue weighted by molar-refractivity contribution is -0.306. The molecule has 2 aliphatic rings. The second-order valence-electron chi connectivity index (χ2n) is 7.49. The van der Waals surface area contributed by atoms with Crippen molar-refractivity contribution in [3.63, 3.8) is 0 Å². The molecule has 2 rings (SSSR count). The minimum absolute atomic E-state index is 0.230. The van der Waals surface area contributed by atoms with Gasteiger partial charge in [0.1, 0.15) is 12.7 Å². The molecule has 174 valence electrons. The predicted molar refractivity (Wildman–Crippen MR) is 104 cm³/mol. The Balaban J connectivity index is 2.31. The Morgan fingerprint density at radius 2 is 1.48 bits per heavy atom. The molecule has 0 bridgehead atoms. The molecule has 10 heteroatoms. The van der Waals surface area contributed by atoms with Crippen LogP contribution in [0.4, 0.5) is 0 Å². The molecule has 1 heterocycles. The van der Waals surface area contributed by atoms with E-state index in [1.807, 2.05) is 0 Å². The molecular formula is C21H30O10. The molecule has 0 spiro atoms. The molecule has 0 amide bonds. The Morgan fingerprint density at radius 3 is 2.03 bits per heavy atom. The van der Waals surface area contributed by atoms with Crippen molar-refractivity contribution in [3.8, 4) is 0 Å². The van der Waals surface area contributed by atoms with Crippen LogP contribution in [-0.2, 0) is 47.6 Å². The van der Waals surface area contributed by atoms with Gasteiger partial charge in [0, 0.05) is 27.7 Å². The van der Waals surface area contributed by atoms with Gasteiger partial charge in [0.05, 0.1) is 6.61 Å². The third-order valence-electron chi connectivity index (χ3n) is 4.77. The fourth-order valence-electron chi connectivity index (χ4n) is 3.55. The van der Waals surface area contributed by atoms with E-state index in [2.05, 4.69) is 6.08 Å². The highest BCUT2D eigenvalue weighted by Gasteiger charge is 2.52. The maximum atomic E-state index is 11.8. The SMILES string of the molecule is CC(=O)OC[C@H]1O[C@@H](OCC2=CCCCC2)[C@H](OC(C)=O)[C@@H](OC(C)=O)[C@@H]1OC(C)=O. The van der Waals surface area contributed by atoms with Crippen LogP contribution < -0.4 is 0 Å². The van der Waals surface area contributed by atoms with E-state index in [1.165, 1.54) is 27.7 Å². The van der Waals surface area contributed by atoms with Crippen LogP contribution in [-0.4, -0.2) is 67.8 Å². The highest BCUT2D eigenvalue weighted by Crippen LogP contribution is 2.30. The van der Waals surface area contributed by atoms with Gasteiger partial charge in [-0.15, -0.1) is 0 Å². The predicted octanol–water partition coefficient (Wildman–Crippen LogP) is 1.59. The molecule has 0 aromatic rings. The van der Waals surface area contributed by atoms with Crippen LogP contribution in [0.1, 0.15) is 53.4 Å². The van der Waals surface area contributed by atoms with Gasteiger partial charge in [-0.3, -0.25) is 19.2 Å². The largest absolute Gasteiger partial charge is 0.463 e. The molecule has 0 radical (unpaired) electrons. The Hall–Kier alpha value is -2.46. The second-order valence-corrected chi connectivity index (χ2v) is 7.49. The van der Waals surface area contributed by atoms with Gasteiger partial charge in [0.15, 0.2) is 24.6 Å². The summed E-state index contributed by atoms with van der Waals surface area (Å²) in [6.45, 7) is 4.71. The van der Waals surface area contributed by atoms with Gasteiger partial charge in [-0.25, -0.2) is 0 Å². The Labute approximate surface area is 181 Å². The first-order valence-corrected chi connectivity index (χ1v) is 10.3. The van der Waals surface area contributed by atoms with Gasteiger partial charge in [-0.1, -0.05) is 6.08 Å². The van der Waals surface area contributed by atoms with Crippen molar-refractivity contribution < 1.29 is 47.6 Å². The van der Waals surface area contributed by atoms with E-state index >= 15 is 0 Å². The lowest BCUT2D eigenvalue weighted by Gasteiger charge is -2.44. The van der Waals surface area contributed by atoms with E-state index in [1.54, 1.807) is 0 Å². The van der Waals surface area contributed by atoms with E-state index in [-0.39, 0.29) is 13.2 Å². The average molecular weight is 442 g/mol. The number of ether oxygens (including phenoxy) is 6. The minimum atomic E-state index is -1.22. The number of esters is 4. The molecule has 1 aliphatic carbocycles. The standard InChI is InChI=1S/C21H30O10/c1-12(22)26-11-17-18(28-13(2)23)19(29-14(3)24)20(30-15(4)25)21(31-17)27-10-16-8-6-5-7-9-16/h8,17-21H,5-7,9-11H2,1-4H3/t17-,18-,19+,20-,21-/m1/s1. The third kappa shape index (κ3) is 7.95. The van der Waals surface area contributed by atoms with Crippen LogP contribution in [0.15, 0.2) is 11.6 Å². The first-order chi connectivity index (χ1) is 14.7. The second kappa shape index (κ2) is 11.8. The number of allylic oxidation sites excluding steroid dienone is 1. The van der Waals surface area contributed by atoms with Crippen molar-refractivity contribution in [1.29, 1.82) is 0 Å². The van der Waals surface area contributed by atoms with Crippen molar-refractivity contribution >= 4 is 23.9 Å². The Kier molecular flexibility index (Phi) is 9.44. The average Bonchev–Trinajstić information content (AvgIpc) is 2.68. The van der Waals surface area contributed by atoms with E-state index in [9.17, 15) is 19.2 Å². The van der Waals surface area contributed by atoms with Gasteiger partial charge in [0.2, 0.25) is 0 Å². The quantitative estimate of drug-likeness (QED) is 0.311. The van der Waals surface area contributed by atoms with E-state index in [0.717, 1.165) is 31.3 Å². The van der Waals surface area contributed by atoms with Gasteiger partial charge in [-0.2, -0.15) is 0 Å². The molecule has 10 nitrogen and oxygen atoms in total. The molecule has 1 saturated heterocycles. The number of hydrogen-bond acceptors (Lipinski definition) is 10. The van der Waals surface area contributed by atoms with Crippen LogP contribution in [0.2, 0.25) is 0 Å². The smallest absolute Gasteiger partial charge is 0.303 e. The van der Waals surface area contributed by atoms with E-state index in [0.29, 0.717) is 0 Å². The summed E-state index contributed by atoms with van der Waals surface area (Å²) >= 11 is 0. The zero-order valence-electron chi connectivity index (χ0n) is 18.3. The molecule has 5 atom stereocenters. The van der Waals surface area contributed by atoms with Crippen LogP contribution in [0.3, 0.4) is 0 Å². The summed E-state index contributed by atoms with van der Waals surface area (Å²) in [5.41, 5.74) is 1.08. The topological polar surface area (TPSA) is 124 Å². The molecule has 1 fully saturated rings. The van der Waals surface area contributed by atoms with E-state index in [4.69, 9.17) is 28.4 Å². The fourth-order valence-corrected chi connectivity index (χ4v) is 3.55. The number of carbonyl (C=O) groups excluding carboxylic acids is 4. The lowest BCUT2D eigenvalue weighted by atomic mass is 9.97. The molecule has 31 heavy (non-hydrogen) atoms. The molecule has 0 aromatic heterocycles. The van der Waals surface area contributed by atoms with Crippen LogP contribution in [0.5, 0.6) is 0 Å². The van der Waals surface area contributed by atoms with Crippen molar-refractivity contribution in [2.45, 2.75) is 84.1 Å². The van der Waals surface area contributed by atoms with Crippen LogP contribution in [0, 0.1) is 0 Å². The van der Waals surface area contributed by atoms with Gasteiger partial charge < -0.3 is 28.4 Å². The molecule has 0 unspecified atom stereocenters. The summed E-state index contributed by atoms with van der Waals surface area (Å²) in [6, 6.07) is 0. The maximum Gasteiger partial charge on any atom is 0.303 e. The summed E-state index contributed by atoms with van der Waals surface area (Å²) in [4.78, 5) is 46.6. The van der Waals surface area contributed by atoms with Crippen LogP contribution in [0.25, 0.3) is 0 Å². The highest BCUT2D eigenvalue weighted by molar-refractivity contribution is 5.68. The molecule has 0 aromatic carbocycles. The van der Waals surface area contributed by atoms with Gasteiger partial charge >= 0.3 is 23.9 Å². The zero-order chi connectivity index (χ0) is 23.0. The normalized spacial score (nSPS) is 28.1. The Morgan fingerprint density at radius 1 is 0.871 bits per heavy atom. The molecular weight excluding hydrogens is 412 g/mol. The highest BCUT2D eigenvalue weighted by atomic mass is 16.7. The van der Waals surface area contributed by atoms with Gasteiger partial charge in [-0.05, 0) is 31.3 Å². The summed E-state index contributed by atoms with van der Waals surface area (Å²) < 4.78 is 32.9. The minimum Gasteiger partial charge on any atom is -0.463 e. The summed E-state index contributed by atoms with van der Waals surface area (Å²) in [6.07, 6.45) is 0.359. The van der Waals surface area contributed by atoms with Gasteiger partial charge in [0.25, 0.3) is 0 Å². The number of carbonyl (C=O) groups is 4. The lowest BCUT2D eigenvalue weighted by Crippen LogP contribution is -2.63. The van der Waals surface area contributed by atoms with Crippen molar-refractivity contribution in [1.82, 2.24) is 0 Å². The summed E-state index contributed by atoms with van der Waals surface area (Å²) in [7, 11) is 0. The molecule has 1 aliphatic heterocycles. The Bertz CT molecular complexity index is 700. The first kappa shape index (κ1) is 24.8. The monoisotopic (exact) mass is 442 g/mol. The van der Waals surface area contributed by atoms with Crippen molar-refractivity contribution in [3.05, 3.63) is 11.6 Å². The van der Waals surface area contributed by atoms with Crippen molar-refractivity contribution in [2.75, 3.05) is 13.2 Å². The summed E-state index contributed by atoms with van der Waals surface area (Å²) in [5.74, 6) is -2.58. The van der Waals surface area contributed by atoms with E-state index < -0.39 is 54.6 Å². The fraction of sp³-hybridized carbons (Fsp3) is 0.714. The van der Waals surface area contributed by atoms with Crippen LogP contribution >= 0.6 is 0 Å². The zero-order valence-corrected chi connectivity index (χ0v) is 18.3. The number of hydrogen-bond donors (Lipinski definition) is 0. The van der Waals surface area contributed by atoms with Crippen molar-refractivity contribution in [2.24, 2.45) is 0 Å². The maximum absolute atomic E-state index is 11.8. The third-order valence-corrected chi connectivity index (χ3v) is 4.77. The molecule has 0 saturated carbocycles. The summed E-state index contributed by atoms with van der Waals surface area (Å²) in [5, 5.41) is 0.